The lowest BCUT2D eigenvalue weighted by molar-refractivity contribution is -0.123. The first kappa shape index (κ1) is 16.8. The quantitative estimate of drug-likeness (QED) is 0.929. The van der Waals surface area contributed by atoms with Crippen molar-refractivity contribution in [3.63, 3.8) is 0 Å². The number of ether oxygens (including phenoxy) is 1. The largest absolute Gasteiger partial charge is 0.390 e. The third-order valence-electron chi connectivity index (χ3n) is 5.85. The summed E-state index contributed by atoms with van der Waals surface area (Å²) in [5, 5.41) is 10.8. The Balaban J connectivity index is 1.46. The first-order chi connectivity index (χ1) is 12.1. The number of likely N-dealkylation sites (tertiary alicyclic amines) is 1. The van der Waals surface area contributed by atoms with Crippen LogP contribution in [0.1, 0.15) is 31.7 Å². The van der Waals surface area contributed by atoms with Crippen molar-refractivity contribution in [1.82, 2.24) is 14.5 Å². The number of rotatable bonds is 4. The predicted molar refractivity (Wildman–Crippen MR) is 96.5 cm³/mol. The van der Waals surface area contributed by atoms with Crippen LogP contribution in [0, 0.1) is 5.92 Å². The first-order valence-corrected chi connectivity index (χ1v) is 9.25. The molecule has 2 aromatic rings. The van der Waals surface area contributed by atoms with Gasteiger partial charge in [0.05, 0.1) is 18.5 Å². The Morgan fingerprint density at radius 2 is 2.16 bits per heavy atom. The molecule has 0 unspecified atom stereocenters. The SMILES string of the molecule is C[C@]1(O)CCOC[C@H]1[C@H]1CCCN1Cc1ccc(-n2ccnc2)cc1. The fourth-order valence-corrected chi connectivity index (χ4v) is 4.30. The molecule has 2 fully saturated rings. The molecule has 2 aliphatic rings. The van der Waals surface area contributed by atoms with Gasteiger partial charge in [-0.2, -0.15) is 0 Å². The molecule has 0 radical (unpaired) electrons. The lowest BCUT2D eigenvalue weighted by Crippen LogP contribution is -2.52. The van der Waals surface area contributed by atoms with E-state index in [-0.39, 0.29) is 5.92 Å². The second-order valence-electron chi connectivity index (χ2n) is 7.61. The second-order valence-corrected chi connectivity index (χ2v) is 7.61. The van der Waals surface area contributed by atoms with Crippen molar-refractivity contribution in [2.24, 2.45) is 5.92 Å². The number of hydrogen-bond donors (Lipinski definition) is 1. The van der Waals surface area contributed by atoms with Gasteiger partial charge in [0, 0.05) is 43.2 Å². The number of hydrogen-bond acceptors (Lipinski definition) is 4. The van der Waals surface area contributed by atoms with E-state index >= 15 is 0 Å². The van der Waals surface area contributed by atoms with E-state index < -0.39 is 5.60 Å². The van der Waals surface area contributed by atoms with E-state index in [2.05, 4.69) is 34.1 Å². The fraction of sp³-hybridized carbons (Fsp3) is 0.550. The number of benzene rings is 1. The van der Waals surface area contributed by atoms with Crippen LogP contribution in [0.2, 0.25) is 0 Å². The van der Waals surface area contributed by atoms with Crippen LogP contribution in [-0.4, -0.2) is 51.0 Å². The van der Waals surface area contributed by atoms with E-state index in [1.165, 1.54) is 12.0 Å². The van der Waals surface area contributed by atoms with E-state index in [0.29, 0.717) is 19.3 Å². The zero-order chi connectivity index (χ0) is 17.3. The van der Waals surface area contributed by atoms with Crippen LogP contribution in [-0.2, 0) is 11.3 Å². The van der Waals surface area contributed by atoms with E-state index in [9.17, 15) is 5.11 Å². The molecular formula is C20H27N3O2. The van der Waals surface area contributed by atoms with Gasteiger partial charge in [-0.05, 0) is 50.4 Å². The van der Waals surface area contributed by atoms with Gasteiger partial charge in [0.2, 0.25) is 0 Å². The molecule has 0 saturated carbocycles. The van der Waals surface area contributed by atoms with Gasteiger partial charge in [0.25, 0.3) is 0 Å². The van der Waals surface area contributed by atoms with Gasteiger partial charge < -0.3 is 14.4 Å². The van der Waals surface area contributed by atoms with Crippen molar-refractivity contribution in [3.05, 3.63) is 48.5 Å². The van der Waals surface area contributed by atoms with E-state index in [0.717, 1.165) is 31.6 Å². The summed E-state index contributed by atoms with van der Waals surface area (Å²) in [6.45, 7) is 5.36. The summed E-state index contributed by atoms with van der Waals surface area (Å²) in [4.78, 5) is 6.63. The average Bonchev–Trinajstić information content (AvgIpc) is 3.27. The molecule has 5 nitrogen and oxygen atoms in total. The molecule has 1 aromatic heterocycles. The van der Waals surface area contributed by atoms with Crippen LogP contribution in [0.3, 0.4) is 0 Å². The van der Waals surface area contributed by atoms with Crippen LogP contribution >= 0.6 is 0 Å². The standard InChI is InChI=1S/C20H27N3O2/c1-20(24)8-12-25-14-18(20)19-3-2-10-22(19)13-16-4-6-17(7-5-16)23-11-9-21-15-23/h4-7,9,11,15,18-19,24H,2-3,8,10,12-14H2,1H3/t18-,19+,20-/m0/s1. The van der Waals surface area contributed by atoms with Crippen molar-refractivity contribution < 1.29 is 9.84 Å². The molecular weight excluding hydrogens is 314 g/mol. The van der Waals surface area contributed by atoms with Crippen molar-refractivity contribution >= 4 is 0 Å². The smallest absolute Gasteiger partial charge is 0.0991 e. The maximum absolute atomic E-state index is 10.8. The summed E-state index contributed by atoms with van der Waals surface area (Å²) < 4.78 is 7.70. The van der Waals surface area contributed by atoms with Crippen LogP contribution < -0.4 is 0 Å². The fourth-order valence-electron chi connectivity index (χ4n) is 4.30. The maximum atomic E-state index is 10.8. The summed E-state index contributed by atoms with van der Waals surface area (Å²) >= 11 is 0. The molecule has 2 aliphatic heterocycles. The minimum Gasteiger partial charge on any atom is -0.390 e. The number of aliphatic hydroxyl groups is 1. The molecule has 0 spiro atoms. The molecule has 0 aliphatic carbocycles. The van der Waals surface area contributed by atoms with E-state index in [1.54, 1.807) is 6.20 Å². The molecule has 134 valence electrons. The summed E-state index contributed by atoms with van der Waals surface area (Å²) in [5.41, 5.74) is 1.83. The van der Waals surface area contributed by atoms with Gasteiger partial charge in [0.15, 0.2) is 0 Å². The van der Waals surface area contributed by atoms with Gasteiger partial charge in [-0.25, -0.2) is 4.98 Å². The minimum atomic E-state index is -0.614. The monoisotopic (exact) mass is 341 g/mol. The van der Waals surface area contributed by atoms with Crippen molar-refractivity contribution in [1.29, 1.82) is 0 Å². The van der Waals surface area contributed by atoms with Crippen molar-refractivity contribution in [3.8, 4) is 5.69 Å². The highest BCUT2D eigenvalue weighted by molar-refractivity contribution is 5.34. The van der Waals surface area contributed by atoms with E-state index in [4.69, 9.17) is 4.74 Å². The number of aromatic nitrogens is 2. The second kappa shape index (κ2) is 6.90. The minimum absolute atomic E-state index is 0.203. The van der Waals surface area contributed by atoms with Gasteiger partial charge in [0.1, 0.15) is 0 Å². The molecule has 4 rings (SSSR count). The Morgan fingerprint density at radius 3 is 2.88 bits per heavy atom. The molecule has 1 aromatic carbocycles. The molecule has 5 heteroatoms. The Morgan fingerprint density at radius 1 is 1.32 bits per heavy atom. The summed E-state index contributed by atoms with van der Waals surface area (Å²) in [5.74, 6) is 0.203. The zero-order valence-electron chi connectivity index (χ0n) is 14.8. The molecule has 3 atom stereocenters. The average molecular weight is 341 g/mol. The Labute approximate surface area is 149 Å². The van der Waals surface area contributed by atoms with Crippen molar-refractivity contribution in [2.75, 3.05) is 19.8 Å². The molecule has 1 N–H and O–H groups in total. The highest BCUT2D eigenvalue weighted by Crippen LogP contribution is 2.36. The van der Waals surface area contributed by atoms with E-state index in [1.807, 2.05) is 24.0 Å². The molecule has 0 amide bonds. The first-order valence-electron chi connectivity index (χ1n) is 9.25. The topological polar surface area (TPSA) is 50.5 Å². The molecule has 25 heavy (non-hydrogen) atoms. The number of imidazole rings is 1. The Kier molecular flexibility index (Phi) is 4.63. The zero-order valence-corrected chi connectivity index (χ0v) is 14.8. The normalized spacial score (nSPS) is 30.6. The highest BCUT2D eigenvalue weighted by atomic mass is 16.5. The Bertz CT molecular complexity index is 681. The molecule has 3 heterocycles. The van der Waals surface area contributed by atoms with Crippen LogP contribution in [0.25, 0.3) is 5.69 Å². The lowest BCUT2D eigenvalue weighted by Gasteiger charge is -2.43. The van der Waals surface area contributed by atoms with Gasteiger partial charge in [-0.15, -0.1) is 0 Å². The molecule has 2 saturated heterocycles. The van der Waals surface area contributed by atoms with Gasteiger partial charge >= 0.3 is 0 Å². The number of nitrogens with zero attached hydrogens (tertiary/aromatic N) is 3. The third kappa shape index (κ3) is 3.50. The third-order valence-corrected chi connectivity index (χ3v) is 5.85. The van der Waals surface area contributed by atoms with Crippen molar-refractivity contribution in [2.45, 2.75) is 44.4 Å². The van der Waals surface area contributed by atoms with Gasteiger partial charge in [-0.1, -0.05) is 12.1 Å². The highest BCUT2D eigenvalue weighted by Gasteiger charge is 2.43. The maximum Gasteiger partial charge on any atom is 0.0991 e. The Hall–Kier alpha value is -1.69. The summed E-state index contributed by atoms with van der Waals surface area (Å²) in [6, 6.07) is 9.08. The summed E-state index contributed by atoms with van der Waals surface area (Å²) in [7, 11) is 0. The lowest BCUT2D eigenvalue weighted by atomic mass is 9.79. The van der Waals surface area contributed by atoms with Crippen LogP contribution in [0.5, 0.6) is 0 Å². The molecule has 0 bridgehead atoms. The van der Waals surface area contributed by atoms with Gasteiger partial charge in [-0.3, -0.25) is 4.90 Å². The van der Waals surface area contributed by atoms with Crippen LogP contribution in [0.4, 0.5) is 0 Å². The van der Waals surface area contributed by atoms with Crippen LogP contribution in [0.15, 0.2) is 43.0 Å². The summed E-state index contributed by atoms with van der Waals surface area (Å²) in [6.07, 6.45) is 8.65. The predicted octanol–water partition coefficient (Wildman–Crippen LogP) is 2.62.